The van der Waals surface area contributed by atoms with Crippen molar-refractivity contribution in [2.75, 3.05) is 44.2 Å². The molecule has 0 aromatic heterocycles. The van der Waals surface area contributed by atoms with Gasteiger partial charge in [0.1, 0.15) is 0 Å². The van der Waals surface area contributed by atoms with Crippen LogP contribution in [-0.2, 0) is 17.6 Å². The SMILES string of the molecule is O=C(C1CC12CCN(C1Cc3ccccc3C1)CC2)N1CCN(c2ccccc2)CC1. The fraction of sp³-hybridized carbons (Fsp3) is 0.519. The molecule has 162 valence electrons. The molecule has 2 aliphatic carbocycles. The number of amides is 1. The normalized spacial score (nSPS) is 25.6. The van der Waals surface area contributed by atoms with E-state index in [0.717, 1.165) is 32.6 Å². The lowest BCUT2D eigenvalue weighted by Gasteiger charge is -2.38. The van der Waals surface area contributed by atoms with Crippen LogP contribution in [0.3, 0.4) is 0 Å². The predicted octanol–water partition coefficient (Wildman–Crippen LogP) is 3.60. The first-order valence-electron chi connectivity index (χ1n) is 12.1. The van der Waals surface area contributed by atoms with Crippen molar-refractivity contribution in [3.05, 3.63) is 65.7 Å². The third-order valence-corrected chi connectivity index (χ3v) is 8.54. The average molecular weight is 416 g/mol. The third kappa shape index (κ3) is 3.55. The Bertz CT molecular complexity index is 917. The van der Waals surface area contributed by atoms with Crippen molar-refractivity contribution < 1.29 is 4.79 Å². The lowest BCUT2D eigenvalue weighted by atomic mass is 9.89. The van der Waals surface area contributed by atoms with Crippen LogP contribution in [0.2, 0.25) is 0 Å². The van der Waals surface area contributed by atoms with Crippen LogP contribution in [0.15, 0.2) is 54.6 Å². The number of likely N-dealkylation sites (tertiary alicyclic amines) is 1. The van der Waals surface area contributed by atoms with Crippen molar-refractivity contribution in [1.82, 2.24) is 9.80 Å². The van der Waals surface area contributed by atoms with Gasteiger partial charge in [-0.3, -0.25) is 9.69 Å². The fourth-order valence-corrected chi connectivity index (χ4v) is 6.42. The molecule has 2 aliphatic heterocycles. The smallest absolute Gasteiger partial charge is 0.226 e. The number of fused-ring (bicyclic) bond motifs is 1. The van der Waals surface area contributed by atoms with Crippen molar-refractivity contribution in [3.8, 4) is 0 Å². The summed E-state index contributed by atoms with van der Waals surface area (Å²) in [5, 5.41) is 0. The highest BCUT2D eigenvalue weighted by Crippen LogP contribution is 2.60. The lowest BCUT2D eigenvalue weighted by molar-refractivity contribution is -0.134. The predicted molar refractivity (Wildman–Crippen MR) is 124 cm³/mol. The molecule has 1 amide bonds. The topological polar surface area (TPSA) is 26.8 Å². The minimum atomic E-state index is 0.290. The van der Waals surface area contributed by atoms with Gasteiger partial charge in [-0.25, -0.2) is 0 Å². The van der Waals surface area contributed by atoms with Crippen LogP contribution in [0.1, 0.15) is 30.4 Å². The van der Waals surface area contributed by atoms with Gasteiger partial charge >= 0.3 is 0 Å². The molecule has 0 bridgehead atoms. The molecule has 4 heteroatoms. The first-order valence-corrected chi connectivity index (χ1v) is 12.1. The van der Waals surface area contributed by atoms with E-state index in [2.05, 4.69) is 69.3 Å². The van der Waals surface area contributed by atoms with Gasteiger partial charge in [-0.1, -0.05) is 42.5 Å². The summed E-state index contributed by atoms with van der Waals surface area (Å²) in [6.07, 6.45) is 5.96. The molecular weight excluding hydrogens is 382 g/mol. The average Bonchev–Trinajstić information content (AvgIpc) is 3.34. The van der Waals surface area contributed by atoms with E-state index >= 15 is 0 Å². The Morgan fingerprint density at radius 1 is 0.774 bits per heavy atom. The minimum Gasteiger partial charge on any atom is -0.368 e. The summed E-state index contributed by atoms with van der Waals surface area (Å²) < 4.78 is 0. The second-order valence-corrected chi connectivity index (χ2v) is 10.1. The molecule has 4 aliphatic rings. The van der Waals surface area contributed by atoms with Crippen molar-refractivity contribution in [3.63, 3.8) is 0 Å². The number of benzene rings is 2. The zero-order valence-electron chi connectivity index (χ0n) is 18.4. The second-order valence-electron chi connectivity index (χ2n) is 10.1. The van der Waals surface area contributed by atoms with E-state index in [4.69, 9.17) is 0 Å². The van der Waals surface area contributed by atoms with Gasteiger partial charge in [-0.15, -0.1) is 0 Å². The summed E-state index contributed by atoms with van der Waals surface area (Å²) in [4.78, 5) is 20.5. The number of anilines is 1. The molecule has 1 unspecified atom stereocenters. The maximum atomic E-state index is 13.3. The number of nitrogens with zero attached hydrogens (tertiary/aromatic N) is 3. The number of piperazine rings is 1. The first-order chi connectivity index (χ1) is 15.2. The van der Waals surface area contributed by atoms with Crippen LogP contribution in [-0.4, -0.2) is 61.0 Å². The number of hydrogen-bond acceptors (Lipinski definition) is 3. The Labute approximate surface area is 185 Å². The highest BCUT2D eigenvalue weighted by molar-refractivity contribution is 5.83. The summed E-state index contributed by atoms with van der Waals surface area (Å²) in [6, 6.07) is 20.2. The molecule has 0 N–H and O–H groups in total. The van der Waals surface area contributed by atoms with Crippen LogP contribution >= 0.6 is 0 Å². The van der Waals surface area contributed by atoms with Crippen LogP contribution in [0.4, 0.5) is 5.69 Å². The summed E-state index contributed by atoms with van der Waals surface area (Å²) in [5.41, 5.74) is 4.68. The molecule has 31 heavy (non-hydrogen) atoms. The van der Waals surface area contributed by atoms with Crippen molar-refractivity contribution >= 4 is 11.6 Å². The van der Waals surface area contributed by atoms with Gasteiger partial charge in [0, 0.05) is 43.8 Å². The maximum Gasteiger partial charge on any atom is 0.226 e. The third-order valence-electron chi connectivity index (χ3n) is 8.54. The monoisotopic (exact) mass is 415 g/mol. The Morgan fingerprint density at radius 3 is 2.03 bits per heavy atom. The Kier molecular flexibility index (Phi) is 4.79. The number of carbonyl (C=O) groups excluding carboxylic acids is 1. The molecule has 2 saturated heterocycles. The van der Waals surface area contributed by atoms with Crippen LogP contribution < -0.4 is 4.90 Å². The van der Waals surface area contributed by atoms with E-state index in [1.54, 1.807) is 11.1 Å². The van der Waals surface area contributed by atoms with Gasteiger partial charge in [0.05, 0.1) is 0 Å². The first kappa shape index (κ1) is 19.4. The lowest BCUT2D eigenvalue weighted by Crippen LogP contribution is -2.50. The van der Waals surface area contributed by atoms with Gasteiger partial charge in [0.2, 0.25) is 5.91 Å². The molecule has 0 radical (unpaired) electrons. The van der Waals surface area contributed by atoms with E-state index in [1.807, 2.05) is 0 Å². The van der Waals surface area contributed by atoms with Crippen LogP contribution in [0, 0.1) is 11.3 Å². The molecule has 1 atom stereocenters. The highest BCUT2D eigenvalue weighted by Gasteiger charge is 2.59. The quantitative estimate of drug-likeness (QED) is 0.766. The maximum absolute atomic E-state index is 13.3. The Balaban J connectivity index is 1.01. The molecule has 3 fully saturated rings. The molecule has 4 nitrogen and oxygen atoms in total. The van der Waals surface area contributed by atoms with Gasteiger partial charge < -0.3 is 9.80 Å². The molecule has 1 saturated carbocycles. The standard InChI is InChI=1S/C27H33N3O/c31-26(30-16-14-29(15-17-30)23-8-2-1-3-9-23)25-20-27(25)10-12-28(13-11-27)24-18-21-6-4-5-7-22(21)19-24/h1-9,24-25H,10-20H2. The molecule has 2 heterocycles. The van der Waals surface area contributed by atoms with E-state index in [0.29, 0.717) is 23.3 Å². The zero-order chi connectivity index (χ0) is 20.8. The van der Waals surface area contributed by atoms with E-state index in [1.165, 1.54) is 44.5 Å². The molecule has 2 aromatic rings. The van der Waals surface area contributed by atoms with Crippen LogP contribution in [0.25, 0.3) is 0 Å². The minimum absolute atomic E-state index is 0.290. The number of carbonyl (C=O) groups is 1. The number of hydrogen-bond donors (Lipinski definition) is 0. The summed E-state index contributed by atoms with van der Waals surface area (Å²) in [6.45, 7) is 5.98. The Morgan fingerprint density at radius 2 is 1.39 bits per heavy atom. The largest absolute Gasteiger partial charge is 0.368 e. The van der Waals surface area contributed by atoms with Crippen molar-refractivity contribution in [1.29, 1.82) is 0 Å². The Hall–Kier alpha value is -2.33. The van der Waals surface area contributed by atoms with Crippen molar-refractivity contribution in [2.24, 2.45) is 11.3 Å². The summed E-state index contributed by atoms with van der Waals surface area (Å²) in [5.74, 6) is 0.730. The molecular formula is C27H33N3O. The fourth-order valence-electron chi connectivity index (χ4n) is 6.42. The molecule has 6 rings (SSSR count). The van der Waals surface area contributed by atoms with Gasteiger partial charge in [-0.05, 0) is 73.9 Å². The van der Waals surface area contributed by atoms with E-state index < -0.39 is 0 Å². The van der Waals surface area contributed by atoms with Crippen molar-refractivity contribution in [2.45, 2.75) is 38.1 Å². The molecule has 2 aromatic carbocycles. The second kappa shape index (κ2) is 7.67. The van der Waals surface area contributed by atoms with Gasteiger partial charge in [0.15, 0.2) is 0 Å². The molecule has 1 spiro atoms. The van der Waals surface area contributed by atoms with Crippen LogP contribution in [0.5, 0.6) is 0 Å². The number of para-hydroxylation sites is 1. The van der Waals surface area contributed by atoms with Gasteiger partial charge in [0.25, 0.3) is 0 Å². The summed E-state index contributed by atoms with van der Waals surface area (Å²) >= 11 is 0. The number of rotatable bonds is 3. The number of piperidine rings is 1. The highest BCUT2D eigenvalue weighted by atomic mass is 16.2. The van der Waals surface area contributed by atoms with E-state index in [-0.39, 0.29) is 0 Å². The summed E-state index contributed by atoms with van der Waals surface area (Å²) in [7, 11) is 0. The van der Waals surface area contributed by atoms with Gasteiger partial charge in [-0.2, -0.15) is 0 Å². The zero-order valence-corrected chi connectivity index (χ0v) is 18.4. The van der Waals surface area contributed by atoms with E-state index in [9.17, 15) is 4.79 Å².